The Morgan fingerprint density at radius 2 is 2.18 bits per heavy atom. The molecule has 0 spiro atoms. The molecule has 0 fully saturated rings. The van der Waals surface area contributed by atoms with Gasteiger partial charge >= 0.3 is 0 Å². The van der Waals surface area contributed by atoms with Crippen LogP contribution in [0.5, 0.6) is 0 Å². The summed E-state index contributed by atoms with van der Waals surface area (Å²) < 4.78 is 12.9. The van der Waals surface area contributed by atoms with E-state index in [2.05, 4.69) is 15.9 Å². The van der Waals surface area contributed by atoms with Gasteiger partial charge < -0.3 is 0 Å². The van der Waals surface area contributed by atoms with Crippen LogP contribution in [-0.2, 0) is 6.42 Å². The van der Waals surface area contributed by atoms with Crippen LogP contribution in [0, 0.1) is 5.82 Å². The second-order valence-electron chi connectivity index (χ2n) is 2.17. The van der Waals surface area contributed by atoms with Gasteiger partial charge in [-0.05, 0) is 24.1 Å². The summed E-state index contributed by atoms with van der Waals surface area (Å²) in [4.78, 5) is 0. The molecule has 0 aliphatic heterocycles. The van der Waals surface area contributed by atoms with Crippen LogP contribution >= 0.6 is 27.5 Å². The molecule has 3 heteroatoms. The molecule has 60 valence electrons. The highest BCUT2D eigenvalue weighted by atomic mass is 79.9. The van der Waals surface area contributed by atoms with E-state index in [-0.39, 0.29) is 5.82 Å². The van der Waals surface area contributed by atoms with E-state index in [1.165, 1.54) is 6.07 Å². The summed E-state index contributed by atoms with van der Waals surface area (Å²) in [6.45, 7) is 0. The average molecular weight is 237 g/mol. The SMILES string of the molecule is Fc1cc(Cl)ccc1CCBr. The van der Waals surface area contributed by atoms with Gasteiger partial charge in [-0.1, -0.05) is 33.6 Å². The van der Waals surface area contributed by atoms with E-state index in [1.807, 2.05) is 0 Å². The third kappa shape index (κ3) is 2.46. The number of benzene rings is 1. The topological polar surface area (TPSA) is 0 Å². The first-order valence-corrected chi connectivity index (χ1v) is 4.74. The van der Waals surface area contributed by atoms with Crippen LogP contribution in [0.4, 0.5) is 4.39 Å². The Kier molecular flexibility index (Phi) is 3.34. The lowest BCUT2D eigenvalue weighted by molar-refractivity contribution is 0.613. The van der Waals surface area contributed by atoms with E-state index >= 15 is 0 Å². The standard InChI is InChI=1S/C8H7BrClF/c9-4-3-6-1-2-7(10)5-8(6)11/h1-2,5H,3-4H2. The second-order valence-corrected chi connectivity index (χ2v) is 3.40. The van der Waals surface area contributed by atoms with Crippen LogP contribution in [0.3, 0.4) is 0 Å². The van der Waals surface area contributed by atoms with Gasteiger partial charge in [0, 0.05) is 10.4 Å². The number of rotatable bonds is 2. The van der Waals surface area contributed by atoms with Crippen LogP contribution in [0.1, 0.15) is 5.56 Å². The zero-order valence-corrected chi connectivity index (χ0v) is 8.12. The lowest BCUT2D eigenvalue weighted by atomic mass is 10.2. The summed E-state index contributed by atoms with van der Waals surface area (Å²) in [6, 6.07) is 4.74. The lowest BCUT2D eigenvalue weighted by Crippen LogP contribution is -1.90. The van der Waals surface area contributed by atoms with Crippen LogP contribution in [0.2, 0.25) is 5.02 Å². The molecule has 0 nitrogen and oxygen atoms in total. The highest BCUT2D eigenvalue weighted by Crippen LogP contribution is 2.15. The molecule has 0 heterocycles. The van der Waals surface area contributed by atoms with Crippen molar-refractivity contribution in [3.8, 4) is 0 Å². The van der Waals surface area contributed by atoms with E-state index in [1.54, 1.807) is 12.1 Å². The zero-order valence-electron chi connectivity index (χ0n) is 5.78. The Bertz CT molecular complexity index is 250. The van der Waals surface area contributed by atoms with Gasteiger partial charge in [-0.25, -0.2) is 4.39 Å². The summed E-state index contributed by atoms with van der Waals surface area (Å²) >= 11 is 8.80. The minimum Gasteiger partial charge on any atom is -0.207 e. The van der Waals surface area contributed by atoms with E-state index in [0.717, 1.165) is 5.33 Å². The highest BCUT2D eigenvalue weighted by molar-refractivity contribution is 9.09. The Labute approximate surface area is 78.5 Å². The molecular weight excluding hydrogens is 230 g/mol. The van der Waals surface area contributed by atoms with Gasteiger partial charge in [0.25, 0.3) is 0 Å². The van der Waals surface area contributed by atoms with Crippen LogP contribution in [0.25, 0.3) is 0 Å². The van der Waals surface area contributed by atoms with Gasteiger partial charge in [0.1, 0.15) is 5.82 Å². The third-order valence-electron chi connectivity index (χ3n) is 1.38. The molecule has 0 atom stereocenters. The van der Waals surface area contributed by atoms with Gasteiger partial charge in [0.05, 0.1) is 0 Å². The Balaban J connectivity index is 2.90. The molecule has 0 aliphatic rings. The summed E-state index contributed by atoms with van der Waals surface area (Å²) in [7, 11) is 0. The fourth-order valence-corrected chi connectivity index (χ4v) is 1.41. The van der Waals surface area contributed by atoms with Gasteiger partial charge in [-0.2, -0.15) is 0 Å². The minimum atomic E-state index is -0.225. The quantitative estimate of drug-likeness (QED) is 0.692. The molecule has 0 saturated carbocycles. The van der Waals surface area contributed by atoms with Crippen molar-refractivity contribution in [1.82, 2.24) is 0 Å². The lowest BCUT2D eigenvalue weighted by Gasteiger charge is -1.99. The fraction of sp³-hybridized carbons (Fsp3) is 0.250. The van der Waals surface area contributed by atoms with Crippen LogP contribution in [0.15, 0.2) is 18.2 Å². The summed E-state index contributed by atoms with van der Waals surface area (Å²) in [6.07, 6.45) is 0.697. The maximum atomic E-state index is 12.9. The van der Waals surface area contributed by atoms with Gasteiger partial charge in [-0.15, -0.1) is 0 Å². The molecule has 0 N–H and O–H groups in total. The first-order chi connectivity index (χ1) is 5.24. The van der Waals surface area contributed by atoms with Crippen molar-refractivity contribution in [2.75, 3.05) is 5.33 Å². The first-order valence-electron chi connectivity index (χ1n) is 3.24. The van der Waals surface area contributed by atoms with Crippen molar-refractivity contribution in [2.24, 2.45) is 0 Å². The molecule has 0 bridgehead atoms. The van der Waals surface area contributed by atoms with Gasteiger partial charge in [0.2, 0.25) is 0 Å². The van der Waals surface area contributed by atoms with E-state index in [4.69, 9.17) is 11.6 Å². The molecule has 1 aromatic carbocycles. The average Bonchev–Trinajstić information content (AvgIpc) is 1.95. The Morgan fingerprint density at radius 1 is 1.45 bits per heavy atom. The molecule has 0 radical (unpaired) electrons. The number of hydrogen-bond acceptors (Lipinski definition) is 0. The van der Waals surface area contributed by atoms with Gasteiger partial charge in [-0.3, -0.25) is 0 Å². The summed E-state index contributed by atoms with van der Waals surface area (Å²) in [5.41, 5.74) is 0.700. The summed E-state index contributed by atoms with van der Waals surface area (Å²) in [5, 5.41) is 1.21. The number of aryl methyl sites for hydroxylation is 1. The second kappa shape index (κ2) is 4.07. The van der Waals surface area contributed by atoms with E-state index < -0.39 is 0 Å². The normalized spacial score (nSPS) is 10.1. The minimum absolute atomic E-state index is 0.225. The van der Waals surface area contributed by atoms with E-state index in [0.29, 0.717) is 17.0 Å². The molecular formula is C8H7BrClF. The predicted molar refractivity (Wildman–Crippen MR) is 48.9 cm³/mol. The molecule has 0 aromatic heterocycles. The van der Waals surface area contributed by atoms with Crippen molar-refractivity contribution in [2.45, 2.75) is 6.42 Å². The predicted octanol–water partition coefficient (Wildman–Crippen LogP) is 3.42. The van der Waals surface area contributed by atoms with Gasteiger partial charge in [0.15, 0.2) is 0 Å². The van der Waals surface area contributed by atoms with Crippen LogP contribution in [-0.4, -0.2) is 5.33 Å². The van der Waals surface area contributed by atoms with Crippen molar-refractivity contribution in [1.29, 1.82) is 0 Å². The molecule has 0 unspecified atom stereocenters. The molecule has 0 amide bonds. The maximum absolute atomic E-state index is 12.9. The molecule has 0 aliphatic carbocycles. The molecule has 0 saturated heterocycles. The Hall–Kier alpha value is -0.0800. The monoisotopic (exact) mass is 236 g/mol. The number of alkyl halides is 1. The number of hydrogen-bond donors (Lipinski definition) is 0. The largest absolute Gasteiger partial charge is 0.207 e. The smallest absolute Gasteiger partial charge is 0.127 e. The van der Waals surface area contributed by atoms with Crippen molar-refractivity contribution >= 4 is 27.5 Å². The highest BCUT2D eigenvalue weighted by Gasteiger charge is 2.00. The summed E-state index contributed by atoms with van der Waals surface area (Å²) in [5.74, 6) is -0.225. The molecule has 1 rings (SSSR count). The first kappa shape index (κ1) is 9.01. The number of halogens is 3. The van der Waals surface area contributed by atoms with Crippen molar-refractivity contribution in [3.05, 3.63) is 34.6 Å². The van der Waals surface area contributed by atoms with Crippen LogP contribution < -0.4 is 0 Å². The fourth-order valence-electron chi connectivity index (χ4n) is 0.826. The van der Waals surface area contributed by atoms with E-state index in [9.17, 15) is 4.39 Å². The molecule has 11 heavy (non-hydrogen) atoms. The zero-order chi connectivity index (χ0) is 8.27. The molecule has 1 aromatic rings. The van der Waals surface area contributed by atoms with Crippen molar-refractivity contribution < 1.29 is 4.39 Å². The maximum Gasteiger partial charge on any atom is 0.127 e. The van der Waals surface area contributed by atoms with Crippen molar-refractivity contribution in [3.63, 3.8) is 0 Å². The third-order valence-corrected chi connectivity index (χ3v) is 2.01. The Morgan fingerprint density at radius 3 is 2.73 bits per heavy atom.